The van der Waals surface area contributed by atoms with Crippen LogP contribution in [0.4, 0.5) is 0 Å². The molecule has 0 aromatic carbocycles. The molecule has 0 saturated heterocycles. The molecule has 14 heavy (non-hydrogen) atoms. The Labute approximate surface area is 88.8 Å². The molecule has 0 aliphatic heterocycles. The van der Waals surface area contributed by atoms with E-state index in [4.69, 9.17) is 0 Å². The summed E-state index contributed by atoms with van der Waals surface area (Å²) >= 11 is 0.528. The average Bonchev–Trinajstić information content (AvgIpc) is 2.44. The second-order valence-corrected chi connectivity index (χ2v) is 6.33. The minimum atomic E-state index is -0.732. The van der Waals surface area contributed by atoms with Crippen molar-refractivity contribution >= 4 is 32.3 Å². The van der Waals surface area contributed by atoms with Gasteiger partial charge in [-0.05, 0) is 0 Å². The Bertz CT molecular complexity index is 310. The van der Waals surface area contributed by atoms with E-state index < -0.39 is 17.3 Å². The van der Waals surface area contributed by atoms with E-state index in [0.717, 1.165) is 19.3 Å². The molecule has 0 spiro atoms. The molecule has 0 aromatic heterocycles. The Hall–Kier alpha value is -0.471. The summed E-state index contributed by atoms with van der Waals surface area (Å²) in [5.41, 5.74) is 0. The van der Waals surface area contributed by atoms with Crippen LogP contribution < -0.4 is 0 Å². The zero-order valence-electron chi connectivity index (χ0n) is 7.99. The van der Waals surface area contributed by atoms with Gasteiger partial charge in [0.25, 0.3) is 0 Å². The van der Waals surface area contributed by atoms with Gasteiger partial charge in [-0.2, -0.15) is 0 Å². The minimum absolute atomic E-state index is 0.254. The van der Waals surface area contributed by atoms with E-state index in [1.165, 1.54) is 0 Å². The fourth-order valence-electron chi connectivity index (χ4n) is 2.41. The number of fused-ring (bicyclic) bond motifs is 1. The Kier molecular flexibility index (Phi) is 2.58. The molecule has 3 nitrogen and oxygen atoms in total. The van der Waals surface area contributed by atoms with Crippen LogP contribution in [0.1, 0.15) is 19.3 Å². The first kappa shape index (κ1) is 10.1. The van der Waals surface area contributed by atoms with Gasteiger partial charge in [0.05, 0.1) is 0 Å². The molecule has 0 aromatic rings. The fourth-order valence-corrected chi connectivity index (χ4v) is 4.03. The van der Waals surface area contributed by atoms with Crippen molar-refractivity contribution in [1.29, 1.82) is 0 Å². The van der Waals surface area contributed by atoms with Crippen molar-refractivity contribution in [2.24, 2.45) is 11.8 Å². The number of rotatable bonds is 1. The molecule has 0 bridgehead atoms. The second kappa shape index (κ2) is 3.59. The average molecular weight is 259 g/mol. The van der Waals surface area contributed by atoms with Crippen molar-refractivity contribution in [3.05, 3.63) is 0 Å². The summed E-state index contributed by atoms with van der Waals surface area (Å²) in [6.07, 6.45) is 2.54. The SMILES string of the molecule is C[Se]C1CCC2C(=O)C(=O)C(=O)C2C1. The third-order valence-electron chi connectivity index (χ3n) is 3.26. The van der Waals surface area contributed by atoms with Crippen LogP contribution in [0.5, 0.6) is 0 Å². The van der Waals surface area contributed by atoms with Gasteiger partial charge in [0.1, 0.15) is 0 Å². The number of carbonyl (C=O) groups is 3. The zero-order valence-corrected chi connectivity index (χ0v) is 9.70. The van der Waals surface area contributed by atoms with Crippen LogP contribution >= 0.6 is 0 Å². The molecule has 2 aliphatic carbocycles. The van der Waals surface area contributed by atoms with Gasteiger partial charge < -0.3 is 0 Å². The molecule has 0 radical (unpaired) electrons. The standard InChI is InChI=1S/C10H12O3Se/c1-14-5-2-3-6-7(4-5)9(12)10(13)8(6)11/h5-7H,2-4H2,1H3. The Morgan fingerprint density at radius 1 is 1.07 bits per heavy atom. The van der Waals surface area contributed by atoms with E-state index in [1.807, 2.05) is 0 Å². The summed E-state index contributed by atoms with van der Waals surface area (Å²) in [6.45, 7) is 0. The Morgan fingerprint density at radius 2 is 1.71 bits per heavy atom. The van der Waals surface area contributed by atoms with Gasteiger partial charge in [-0.15, -0.1) is 0 Å². The molecule has 0 N–H and O–H groups in total. The van der Waals surface area contributed by atoms with E-state index in [0.29, 0.717) is 19.8 Å². The normalized spacial score (nSPS) is 37.5. The van der Waals surface area contributed by atoms with Gasteiger partial charge >= 0.3 is 88.4 Å². The van der Waals surface area contributed by atoms with Gasteiger partial charge in [-0.25, -0.2) is 0 Å². The summed E-state index contributed by atoms with van der Waals surface area (Å²) in [5, 5.41) is 0. The van der Waals surface area contributed by atoms with Crippen molar-refractivity contribution < 1.29 is 14.4 Å². The van der Waals surface area contributed by atoms with Crippen LogP contribution in [0.3, 0.4) is 0 Å². The molecule has 0 heterocycles. The summed E-state index contributed by atoms with van der Waals surface area (Å²) in [7, 11) is 0. The molecule has 2 saturated carbocycles. The number of hydrogen-bond acceptors (Lipinski definition) is 3. The van der Waals surface area contributed by atoms with Crippen LogP contribution in [0.25, 0.3) is 0 Å². The van der Waals surface area contributed by atoms with E-state index >= 15 is 0 Å². The Balaban J connectivity index is 2.20. The van der Waals surface area contributed by atoms with Crippen molar-refractivity contribution in [3.63, 3.8) is 0 Å². The molecule has 2 rings (SSSR count). The van der Waals surface area contributed by atoms with Crippen molar-refractivity contribution in [3.8, 4) is 0 Å². The van der Waals surface area contributed by atoms with Gasteiger partial charge in [0.2, 0.25) is 0 Å². The molecule has 76 valence electrons. The maximum atomic E-state index is 11.4. The number of carbonyl (C=O) groups excluding carboxylic acids is 3. The molecule has 3 atom stereocenters. The van der Waals surface area contributed by atoms with Gasteiger partial charge in [0.15, 0.2) is 0 Å². The predicted octanol–water partition coefficient (Wildman–Crippen LogP) is 0.664. The van der Waals surface area contributed by atoms with Crippen LogP contribution in [0, 0.1) is 11.8 Å². The Morgan fingerprint density at radius 3 is 2.36 bits per heavy atom. The first-order valence-corrected chi connectivity index (χ1v) is 7.50. The van der Waals surface area contributed by atoms with Crippen molar-refractivity contribution in [2.75, 3.05) is 0 Å². The summed E-state index contributed by atoms with van der Waals surface area (Å²) in [4.78, 5) is 34.6. The summed E-state index contributed by atoms with van der Waals surface area (Å²) in [5.74, 6) is 0.0885. The molecular formula is C10H12O3Se. The second-order valence-electron chi connectivity index (χ2n) is 3.94. The predicted molar refractivity (Wildman–Crippen MR) is 51.2 cm³/mol. The first-order chi connectivity index (χ1) is 6.65. The van der Waals surface area contributed by atoms with E-state index in [1.54, 1.807) is 0 Å². The molecule has 2 fully saturated rings. The van der Waals surface area contributed by atoms with E-state index in [9.17, 15) is 14.4 Å². The molecular weight excluding hydrogens is 247 g/mol. The van der Waals surface area contributed by atoms with Crippen LogP contribution in [0.2, 0.25) is 10.6 Å². The summed E-state index contributed by atoms with van der Waals surface area (Å²) < 4.78 is 0. The van der Waals surface area contributed by atoms with Crippen molar-refractivity contribution in [1.82, 2.24) is 0 Å². The van der Waals surface area contributed by atoms with Gasteiger partial charge in [-0.3, -0.25) is 0 Å². The molecule has 3 unspecified atom stereocenters. The quantitative estimate of drug-likeness (QED) is 0.513. The van der Waals surface area contributed by atoms with E-state index in [-0.39, 0.29) is 11.8 Å². The first-order valence-electron chi connectivity index (χ1n) is 4.80. The molecule has 4 heteroatoms. The summed E-state index contributed by atoms with van der Waals surface area (Å²) in [6, 6.07) is 0. The van der Waals surface area contributed by atoms with Crippen LogP contribution in [0.15, 0.2) is 0 Å². The van der Waals surface area contributed by atoms with Crippen LogP contribution in [-0.2, 0) is 14.4 Å². The van der Waals surface area contributed by atoms with Gasteiger partial charge in [-0.1, -0.05) is 0 Å². The van der Waals surface area contributed by atoms with Crippen molar-refractivity contribution in [2.45, 2.75) is 29.9 Å². The molecule has 2 aliphatic rings. The number of hydrogen-bond donors (Lipinski definition) is 0. The number of ketones is 3. The zero-order chi connectivity index (χ0) is 10.3. The monoisotopic (exact) mass is 260 g/mol. The third kappa shape index (κ3) is 1.37. The van der Waals surface area contributed by atoms with E-state index in [2.05, 4.69) is 5.82 Å². The van der Waals surface area contributed by atoms with Crippen LogP contribution in [-0.4, -0.2) is 32.3 Å². The maximum absolute atomic E-state index is 11.4. The number of Topliss-reactive ketones (excluding diaryl/α,β-unsaturated/α-hetero) is 3. The topological polar surface area (TPSA) is 51.2 Å². The van der Waals surface area contributed by atoms with Gasteiger partial charge in [0, 0.05) is 0 Å². The molecule has 0 amide bonds. The fraction of sp³-hybridized carbons (Fsp3) is 0.700. The third-order valence-corrected chi connectivity index (χ3v) is 5.55.